The van der Waals surface area contributed by atoms with Gasteiger partial charge in [-0.25, -0.2) is 14.4 Å². The lowest BCUT2D eigenvalue weighted by molar-refractivity contribution is -0.128. The number of hydrogen-bond donors (Lipinski definition) is 1. The smallest absolute Gasteiger partial charge is 0.316 e. The van der Waals surface area contributed by atoms with E-state index in [0.29, 0.717) is 18.7 Å². The Labute approximate surface area is 143 Å². The number of methoxy groups -OCH3 is 1. The molecule has 1 atom stereocenters. The minimum Gasteiger partial charge on any atom is -0.467 e. The predicted molar refractivity (Wildman–Crippen MR) is 86.3 cm³/mol. The zero-order chi connectivity index (χ0) is 17.8. The fourth-order valence-electron chi connectivity index (χ4n) is 2.68. The number of rotatable bonds is 5. The average molecular weight is 344 g/mol. The monoisotopic (exact) mass is 344 g/mol. The van der Waals surface area contributed by atoms with E-state index in [0.717, 1.165) is 0 Å². The molecule has 0 spiro atoms. The summed E-state index contributed by atoms with van der Waals surface area (Å²) in [5.74, 6) is -0.776. The number of amides is 2. The average Bonchev–Trinajstić information content (AvgIpc) is 2.94. The summed E-state index contributed by atoms with van der Waals surface area (Å²) in [5, 5.41) is 2.79. The SMILES string of the molecule is COc1ncc(C(=O)N[C@H]2CC(=O)N(Cc3cccc(F)c3)C2)cn1. The van der Waals surface area contributed by atoms with Crippen molar-refractivity contribution in [1.29, 1.82) is 0 Å². The molecule has 2 aromatic rings. The number of carbonyl (C=O) groups excluding carboxylic acids is 2. The van der Waals surface area contributed by atoms with E-state index in [2.05, 4.69) is 15.3 Å². The fourth-order valence-corrected chi connectivity index (χ4v) is 2.68. The highest BCUT2D eigenvalue weighted by atomic mass is 19.1. The lowest BCUT2D eigenvalue weighted by atomic mass is 10.2. The minimum absolute atomic E-state index is 0.0828. The van der Waals surface area contributed by atoms with Gasteiger partial charge in [0.15, 0.2) is 0 Å². The van der Waals surface area contributed by atoms with Gasteiger partial charge in [-0.3, -0.25) is 9.59 Å². The van der Waals surface area contributed by atoms with E-state index in [1.54, 1.807) is 17.0 Å². The molecule has 1 aromatic carbocycles. The number of benzene rings is 1. The van der Waals surface area contributed by atoms with Crippen LogP contribution in [-0.4, -0.2) is 46.4 Å². The van der Waals surface area contributed by atoms with Crippen molar-refractivity contribution in [3.05, 3.63) is 53.6 Å². The van der Waals surface area contributed by atoms with Gasteiger partial charge in [-0.2, -0.15) is 0 Å². The van der Waals surface area contributed by atoms with Gasteiger partial charge in [0, 0.05) is 31.9 Å². The van der Waals surface area contributed by atoms with Crippen LogP contribution in [0.5, 0.6) is 6.01 Å². The highest BCUT2D eigenvalue weighted by molar-refractivity contribution is 5.94. The summed E-state index contributed by atoms with van der Waals surface area (Å²) in [7, 11) is 1.44. The highest BCUT2D eigenvalue weighted by Crippen LogP contribution is 2.16. The van der Waals surface area contributed by atoms with Crippen LogP contribution in [0.1, 0.15) is 22.3 Å². The topological polar surface area (TPSA) is 84.4 Å². The molecule has 8 heteroatoms. The first kappa shape index (κ1) is 16.8. The van der Waals surface area contributed by atoms with E-state index in [1.165, 1.54) is 31.6 Å². The van der Waals surface area contributed by atoms with Crippen molar-refractivity contribution < 1.29 is 18.7 Å². The van der Waals surface area contributed by atoms with Crippen LogP contribution in [0.15, 0.2) is 36.7 Å². The zero-order valence-corrected chi connectivity index (χ0v) is 13.6. The Balaban J connectivity index is 1.59. The summed E-state index contributed by atoms with van der Waals surface area (Å²) >= 11 is 0. The molecular weight excluding hydrogens is 327 g/mol. The summed E-state index contributed by atoms with van der Waals surface area (Å²) in [6.07, 6.45) is 2.93. The van der Waals surface area contributed by atoms with Crippen molar-refractivity contribution in [1.82, 2.24) is 20.2 Å². The molecule has 1 saturated heterocycles. The number of nitrogens with zero attached hydrogens (tertiary/aromatic N) is 3. The van der Waals surface area contributed by atoms with Crippen LogP contribution in [0.25, 0.3) is 0 Å². The Kier molecular flexibility index (Phi) is 4.87. The zero-order valence-electron chi connectivity index (χ0n) is 13.6. The summed E-state index contributed by atoms with van der Waals surface area (Å²) in [6, 6.07) is 5.98. The van der Waals surface area contributed by atoms with E-state index in [4.69, 9.17) is 4.74 Å². The van der Waals surface area contributed by atoms with Crippen molar-refractivity contribution in [2.45, 2.75) is 19.0 Å². The quantitative estimate of drug-likeness (QED) is 0.880. The Morgan fingerprint density at radius 1 is 1.40 bits per heavy atom. The van der Waals surface area contributed by atoms with Crippen LogP contribution in [0.3, 0.4) is 0 Å². The highest BCUT2D eigenvalue weighted by Gasteiger charge is 2.30. The number of hydrogen-bond acceptors (Lipinski definition) is 5. The maximum atomic E-state index is 13.2. The Bertz CT molecular complexity index is 782. The molecule has 1 N–H and O–H groups in total. The number of nitrogens with one attached hydrogen (secondary N) is 1. The van der Waals surface area contributed by atoms with Crippen molar-refractivity contribution in [2.24, 2.45) is 0 Å². The number of ether oxygens (including phenoxy) is 1. The second-order valence-corrected chi connectivity index (χ2v) is 5.74. The van der Waals surface area contributed by atoms with Crippen molar-refractivity contribution in [3.8, 4) is 6.01 Å². The third-order valence-electron chi connectivity index (χ3n) is 3.89. The van der Waals surface area contributed by atoms with E-state index >= 15 is 0 Å². The molecule has 1 aromatic heterocycles. The van der Waals surface area contributed by atoms with Gasteiger partial charge in [-0.1, -0.05) is 12.1 Å². The van der Waals surface area contributed by atoms with Crippen molar-refractivity contribution >= 4 is 11.8 Å². The molecule has 0 radical (unpaired) electrons. The van der Waals surface area contributed by atoms with Gasteiger partial charge in [-0.05, 0) is 17.7 Å². The number of likely N-dealkylation sites (tertiary alicyclic amines) is 1. The number of halogens is 1. The number of aromatic nitrogens is 2. The second kappa shape index (κ2) is 7.25. The molecule has 130 valence electrons. The van der Waals surface area contributed by atoms with Gasteiger partial charge in [0.1, 0.15) is 5.82 Å². The molecule has 0 unspecified atom stereocenters. The molecule has 25 heavy (non-hydrogen) atoms. The molecule has 0 saturated carbocycles. The van der Waals surface area contributed by atoms with E-state index in [-0.39, 0.29) is 41.7 Å². The first-order chi connectivity index (χ1) is 12.0. The van der Waals surface area contributed by atoms with Crippen LogP contribution in [0, 0.1) is 5.82 Å². The fraction of sp³-hybridized carbons (Fsp3) is 0.294. The van der Waals surface area contributed by atoms with E-state index < -0.39 is 0 Å². The summed E-state index contributed by atoms with van der Waals surface area (Å²) < 4.78 is 18.1. The van der Waals surface area contributed by atoms with Crippen LogP contribution in [0.2, 0.25) is 0 Å². The largest absolute Gasteiger partial charge is 0.467 e. The molecule has 0 bridgehead atoms. The van der Waals surface area contributed by atoms with Crippen molar-refractivity contribution in [3.63, 3.8) is 0 Å². The molecule has 1 aliphatic heterocycles. The molecule has 3 rings (SSSR count). The third kappa shape index (κ3) is 4.09. The lowest BCUT2D eigenvalue weighted by Crippen LogP contribution is -2.37. The first-order valence-electron chi connectivity index (χ1n) is 7.74. The molecule has 2 amide bonds. The second-order valence-electron chi connectivity index (χ2n) is 5.74. The Morgan fingerprint density at radius 2 is 2.16 bits per heavy atom. The maximum Gasteiger partial charge on any atom is 0.316 e. The first-order valence-corrected chi connectivity index (χ1v) is 7.74. The summed E-state index contributed by atoms with van der Waals surface area (Å²) in [4.78, 5) is 33.7. The molecule has 1 aliphatic rings. The van der Waals surface area contributed by atoms with Crippen LogP contribution < -0.4 is 10.1 Å². The Hall–Kier alpha value is -3.03. The molecule has 1 fully saturated rings. The van der Waals surface area contributed by atoms with Crippen molar-refractivity contribution in [2.75, 3.05) is 13.7 Å². The van der Waals surface area contributed by atoms with E-state index in [1.807, 2.05) is 0 Å². The van der Waals surface area contributed by atoms with Gasteiger partial charge in [0.25, 0.3) is 5.91 Å². The predicted octanol–water partition coefficient (Wildman–Crippen LogP) is 1.16. The van der Waals surface area contributed by atoms with Gasteiger partial charge in [0.2, 0.25) is 5.91 Å². The van der Waals surface area contributed by atoms with Gasteiger partial charge in [-0.15, -0.1) is 0 Å². The molecule has 0 aliphatic carbocycles. The molecule has 7 nitrogen and oxygen atoms in total. The summed E-state index contributed by atoms with van der Waals surface area (Å²) in [6.45, 7) is 0.687. The van der Waals surface area contributed by atoms with Crippen LogP contribution >= 0.6 is 0 Å². The van der Waals surface area contributed by atoms with E-state index in [9.17, 15) is 14.0 Å². The van der Waals surface area contributed by atoms with Crippen LogP contribution in [-0.2, 0) is 11.3 Å². The number of carbonyl (C=O) groups is 2. The maximum absolute atomic E-state index is 13.2. The molecular formula is C17H17FN4O3. The molecule has 2 heterocycles. The minimum atomic E-state index is -0.354. The van der Waals surface area contributed by atoms with Gasteiger partial charge < -0.3 is 15.0 Å². The standard InChI is InChI=1S/C17H17FN4O3/c1-25-17-19-7-12(8-20-17)16(24)21-14-6-15(23)22(10-14)9-11-3-2-4-13(18)5-11/h2-5,7-8,14H,6,9-10H2,1H3,(H,21,24)/t14-/m0/s1. The van der Waals surface area contributed by atoms with Gasteiger partial charge in [0.05, 0.1) is 18.7 Å². The lowest BCUT2D eigenvalue weighted by Gasteiger charge is -2.17. The van der Waals surface area contributed by atoms with Gasteiger partial charge >= 0.3 is 6.01 Å². The Morgan fingerprint density at radius 3 is 2.84 bits per heavy atom. The summed E-state index contributed by atoms with van der Waals surface area (Å²) in [5.41, 5.74) is 1.00. The van der Waals surface area contributed by atoms with Crippen LogP contribution in [0.4, 0.5) is 4.39 Å². The third-order valence-corrected chi connectivity index (χ3v) is 3.89. The normalized spacial score (nSPS) is 16.8.